The number of carbonyl (C=O) groups excluding carboxylic acids is 1. The zero-order chi connectivity index (χ0) is 31.2. The zero-order valence-electron chi connectivity index (χ0n) is 27.1. The number of nitroso groups, excluding NO2 is 1. The molecule has 4 rings (SSSR count). The topological polar surface area (TPSA) is 67.6 Å². The van der Waals surface area contributed by atoms with Gasteiger partial charge in [0.2, 0.25) is 0 Å². The van der Waals surface area contributed by atoms with Crippen LogP contribution in [0.15, 0.2) is 77.5 Å². The number of hydrogen-bond acceptors (Lipinski definition) is 4. The number of allylic oxidation sites excluding steroid dienone is 4. The monoisotopic (exact) mass is 582 g/mol. The summed E-state index contributed by atoms with van der Waals surface area (Å²) in [7, 11) is 0. The molecule has 0 aliphatic heterocycles. The van der Waals surface area contributed by atoms with E-state index in [0.29, 0.717) is 11.5 Å². The Labute approximate surface area is 258 Å². The van der Waals surface area contributed by atoms with Gasteiger partial charge in [-0.15, -0.1) is 4.91 Å². The molecule has 0 spiro atoms. The third kappa shape index (κ3) is 9.42. The lowest BCUT2D eigenvalue weighted by atomic mass is 10.1. The number of imidazole rings is 1. The van der Waals surface area contributed by atoms with Gasteiger partial charge in [-0.25, -0.2) is 4.98 Å². The van der Waals surface area contributed by atoms with Gasteiger partial charge in [0, 0.05) is 41.5 Å². The molecule has 0 saturated heterocycles. The van der Waals surface area contributed by atoms with Gasteiger partial charge < -0.3 is 4.57 Å². The molecule has 1 aromatic heterocycles. The number of hydrogen-bond donors (Lipinski definition) is 0. The average Bonchev–Trinajstić information content (AvgIpc) is 3.23. The van der Waals surface area contributed by atoms with Gasteiger partial charge in [0.15, 0.2) is 0 Å². The first-order chi connectivity index (χ1) is 20.9. The van der Waals surface area contributed by atoms with Crippen LogP contribution in [0, 0.1) is 10.8 Å². The van der Waals surface area contributed by atoms with Crippen molar-refractivity contribution in [1.29, 1.82) is 0 Å². The van der Waals surface area contributed by atoms with Crippen LogP contribution in [0.5, 0.6) is 0 Å². The summed E-state index contributed by atoms with van der Waals surface area (Å²) in [6.07, 6.45) is 11.2. The molecule has 0 atom stereocenters. The maximum Gasteiger partial charge on any atom is 0.316 e. The van der Waals surface area contributed by atoms with Crippen molar-refractivity contribution in [3.8, 4) is 11.3 Å². The molecule has 3 aromatic rings. The fourth-order valence-electron chi connectivity index (χ4n) is 5.40. The third-order valence-corrected chi connectivity index (χ3v) is 7.85. The SMILES string of the molecule is CC.CCCCn1c(C2=C(C)CCCC=C2)nc(-c2ccccc2)c1CN(CCC(C)C)Cc1ccc(C(=O)N=O)cc1. The molecular weight excluding hydrogens is 532 g/mol. The Morgan fingerprint density at radius 2 is 1.77 bits per heavy atom. The standard InChI is InChI=1S/C35H44N4O2.C2H6/c1-5-6-22-39-32(25-38(23-21-26(2)3)24-28-17-19-30(20-18-28)35(40)37-41)33(29-14-10-8-11-15-29)36-34(39)31-16-12-7-9-13-27(31)4;1-2/h8,10-12,14-20,26H,5-7,9,13,21-25H2,1-4H3;1-2H3. The summed E-state index contributed by atoms with van der Waals surface area (Å²) < 4.78 is 2.49. The maximum atomic E-state index is 11.7. The maximum absolute atomic E-state index is 11.7. The minimum Gasteiger partial charge on any atom is -0.326 e. The van der Waals surface area contributed by atoms with Crippen LogP contribution >= 0.6 is 0 Å². The molecule has 0 bridgehead atoms. The van der Waals surface area contributed by atoms with Crippen molar-refractivity contribution in [1.82, 2.24) is 14.5 Å². The first-order valence-corrected chi connectivity index (χ1v) is 16.1. The van der Waals surface area contributed by atoms with Gasteiger partial charge in [-0.3, -0.25) is 9.69 Å². The molecule has 0 saturated carbocycles. The second-order valence-corrected chi connectivity index (χ2v) is 11.6. The zero-order valence-corrected chi connectivity index (χ0v) is 27.1. The Morgan fingerprint density at radius 3 is 2.42 bits per heavy atom. The average molecular weight is 583 g/mol. The third-order valence-electron chi connectivity index (χ3n) is 7.85. The number of rotatable bonds is 13. The predicted octanol–water partition coefficient (Wildman–Crippen LogP) is 9.84. The van der Waals surface area contributed by atoms with E-state index in [1.165, 1.54) is 23.3 Å². The highest BCUT2D eigenvalue weighted by atomic mass is 16.3. The minimum absolute atomic E-state index is 0.325. The van der Waals surface area contributed by atoms with Crippen LogP contribution in [0.25, 0.3) is 16.8 Å². The number of nitrogens with zero attached hydrogens (tertiary/aromatic N) is 4. The smallest absolute Gasteiger partial charge is 0.316 e. The summed E-state index contributed by atoms with van der Waals surface area (Å²) in [5.41, 5.74) is 7.54. The molecule has 0 radical (unpaired) electrons. The van der Waals surface area contributed by atoms with Crippen LogP contribution < -0.4 is 0 Å². The van der Waals surface area contributed by atoms with E-state index in [2.05, 4.69) is 84.8 Å². The Morgan fingerprint density at radius 1 is 1.05 bits per heavy atom. The number of benzene rings is 2. The van der Waals surface area contributed by atoms with E-state index in [1.54, 1.807) is 12.1 Å². The van der Waals surface area contributed by atoms with Crippen molar-refractivity contribution < 1.29 is 4.79 Å². The van der Waals surface area contributed by atoms with E-state index in [1.807, 2.05) is 26.0 Å². The van der Waals surface area contributed by atoms with Crippen molar-refractivity contribution in [2.24, 2.45) is 11.1 Å². The van der Waals surface area contributed by atoms with E-state index in [4.69, 9.17) is 4.98 Å². The minimum atomic E-state index is -0.731. The summed E-state index contributed by atoms with van der Waals surface area (Å²) in [5, 5.41) is 2.56. The van der Waals surface area contributed by atoms with Crippen molar-refractivity contribution in [2.75, 3.05) is 6.54 Å². The molecule has 6 heteroatoms. The number of carbonyl (C=O) groups is 1. The highest BCUT2D eigenvalue weighted by molar-refractivity contribution is 5.94. The number of aromatic nitrogens is 2. The summed E-state index contributed by atoms with van der Waals surface area (Å²) >= 11 is 0. The van der Waals surface area contributed by atoms with Crippen LogP contribution in [0.1, 0.15) is 108 Å². The second kappa shape index (κ2) is 17.5. The van der Waals surface area contributed by atoms with Crippen molar-refractivity contribution in [2.45, 2.75) is 99.7 Å². The second-order valence-electron chi connectivity index (χ2n) is 11.6. The Bertz CT molecular complexity index is 1370. The van der Waals surface area contributed by atoms with Crippen molar-refractivity contribution in [3.63, 3.8) is 0 Å². The lowest BCUT2D eigenvalue weighted by molar-refractivity contribution is 0.100. The molecule has 230 valence electrons. The molecule has 0 N–H and O–H groups in total. The normalized spacial score (nSPS) is 13.2. The summed E-state index contributed by atoms with van der Waals surface area (Å²) in [6, 6.07) is 17.8. The van der Waals surface area contributed by atoms with Crippen molar-refractivity contribution in [3.05, 3.63) is 99.9 Å². The molecule has 1 amide bonds. The van der Waals surface area contributed by atoms with Gasteiger partial charge in [0.25, 0.3) is 0 Å². The molecule has 0 fully saturated rings. The summed E-state index contributed by atoms with van der Waals surface area (Å²) in [4.78, 5) is 30.3. The fraction of sp³-hybridized carbons (Fsp3) is 0.459. The van der Waals surface area contributed by atoms with Crippen LogP contribution in [0.4, 0.5) is 0 Å². The summed E-state index contributed by atoms with van der Waals surface area (Å²) in [6.45, 7) is 16.4. The molecule has 2 aromatic carbocycles. The van der Waals surface area contributed by atoms with E-state index < -0.39 is 5.91 Å². The van der Waals surface area contributed by atoms with Crippen LogP contribution in [0.3, 0.4) is 0 Å². The van der Waals surface area contributed by atoms with Crippen LogP contribution in [-0.4, -0.2) is 26.9 Å². The molecular formula is C37H50N4O2. The highest BCUT2D eigenvalue weighted by Crippen LogP contribution is 2.33. The first-order valence-electron chi connectivity index (χ1n) is 16.1. The van der Waals surface area contributed by atoms with E-state index in [0.717, 1.165) is 80.9 Å². The van der Waals surface area contributed by atoms with E-state index >= 15 is 0 Å². The van der Waals surface area contributed by atoms with Gasteiger partial charge in [0.1, 0.15) is 5.82 Å². The predicted molar refractivity (Wildman–Crippen MR) is 180 cm³/mol. The number of unbranched alkanes of at least 4 members (excludes halogenated alkanes) is 1. The van der Waals surface area contributed by atoms with Crippen LogP contribution in [0.2, 0.25) is 0 Å². The lowest BCUT2D eigenvalue weighted by Gasteiger charge is -2.25. The van der Waals surface area contributed by atoms with Crippen LogP contribution in [-0.2, 0) is 19.6 Å². The van der Waals surface area contributed by atoms with E-state index in [9.17, 15) is 9.70 Å². The van der Waals surface area contributed by atoms with Gasteiger partial charge in [0.05, 0.1) is 11.4 Å². The molecule has 6 nitrogen and oxygen atoms in total. The fourth-order valence-corrected chi connectivity index (χ4v) is 5.40. The largest absolute Gasteiger partial charge is 0.326 e. The molecule has 1 aliphatic carbocycles. The Balaban J connectivity index is 0.00000248. The van der Waals surface area contributed by atoms with Gasteiger partial charge in [-0.05, 0) is 69.2 Å². The molecule has 1 heterocycles. The molecule has 0 unspecified atom stereocenters. The molecule has 1 aliphatic rings. The van der Waals surface area contributed by atoms with E-state index in [-0.39, 0.29) is 0 Å². The van der Waals surface area contributed by atoms with Gasteiger partial charge >= 0.3 is 5.91 Å². The highest BCUT2D eigenvalue weighted by Gasteiger charge is 2.23. The molecule has 43 heavy (non-hydrogen) atoms. The van der Waals surface area contributed by atoms with Crippen molar-refractivity contribution >= 4 is 11.5 Å². The van der Waals surface area contributed by atoms with Gasteiger partial charge in [-0.1, -0.05) is 101 Å². The lowest BCUT2D eigenvalue weighted by Crippen LogP contribution is -2.27. The Hall–Kier alpha value is -3.64. The Kier molecular flexibility index (Phi) is 13.8. The summed E-state index contributed by atoms with van der Waals surface area (Å²) in [5.74, 6) is 0.926. The van der Waals surface area contributed by atoms with Gasteiger partial charge in [-0.2, -0.15) is 0 Å². The quantitative estimate of drug-likeness (QED) is 0.188. The first kappa shape index (κ1) is 33.9. The number of amides is 1.